The van der Waals surface area contributed by atoms with Gasteiger partial charge in [-0.2, -0.15) is 0 Å². The number of para-hydroxylation sites is 2. The topological polar surface area (TPSA) is 61.4 Å². The molecule has 0 aromatic heterocycles. The Bertz CT molecular complexity index is 539. The SMILES string of the molecule is CC(=O)N(C)CC(=O)Nc1ccccc1NCC1CCCCC1. The first kappa shape index (κ1) is 17.3. The maximum absolute atomic E-state index is 12.1. The predicted molar refractivity (Wildman–Crippen MR) is 93.4 cm³/mol. The van der Waals surface area contributed by atoms with Crippen LogP contribution in [-0.2, 0) is 9.59 Å². The van der Waals surface area contributed by atoms with Crippen molar-refractivity contribution in [2.24, 2.45) is 5.92 Å². The summed E-state index contributed by atoms with van der Waals surface area (Å²) in [5.74, 6) is 0.412. The Morgan fingerprint density at radius 1 is 1.13 bits per heavy atom. The Labute approximate surface area is 138 Å². The summed E-state index contributed by atoms with van der Waals surface area (Å²) >= 11 is 0. The van der Waals surface area contributed by atoms with Gasteiger partial charge in [-0.25, -0.2) is 0 Å². The van der Waals surface area contributed by atoms with Crippen molar-refractivity contribution in [1.29, 1.82) is 0 Å². The molecular weight excluding hydrogens is 290 g/mol. The minimum atomic E-state index is -0.186. The molecule has 0 radical (unpaired) electrons. The maximum atomic E-state index is 12.1. The van der Waals surface area contributed by atoms with Gasteiger partial charge in [0.2, 0.25) is 11.8 Å². The first-order valence-electron chi connectivity index (χ1n) is 8.40. The van der Waals surface area contributed by atoms with Crippen LogP contribution < -0.4 is 10.6 Å². The largest absolute Gasteiger partial charge is 0.383 e. The van der Waals surface area contributed by atoms with Crippen molar-refractivity contribution in [1.82, 2.24) is 4.90 Å². The van der Waals surface area contributed by atoms with Crippen molar-refractivity contribution in [2.45, 2.75) is 39.0 Å². The van der Waals surface area contributed by atoms with Gasteiger partial charge in [-0.3, -0.25) is 9.59 Å². The Balaban J connectivity index is 1.91. The van der Waals surface area contributed by atoms with E-state index in [9.17, 15) is 9.59 Å². The van der Waals surface area contributed by atoms with Gasteiger partial charge >= 0.3 is 0 Å². The standard InChI is InChI=1S/C18H27N3O2/c1-14(22)21(2)13-18(23)20-17-11-7-6-10-16(17)19-12-15-8-4-3-5-9-15/h6-7,10-11,15,19H,3-5,8-9,12-13H2,1-2H3,(H,20,23). The molecule has 0 spiro atoms. The summed E-state index contributed by atoms with van der Waals surface area (Å²) in [6.45, 7) is 2.46. The van der Waals surface area contributed by atoms with Gasteiger partial charge in [-0.15, -0.1) is 0 Å². The zero-order valence-electron chi connectivity index (χ0n) is 14.1. The number of amides is 2. The highest BCUT2D eigenvalue weighted by Gasteiger charge is 2.14. The van der Waals surface area contributed by atoms with E-state index < -0.39 is 0 Å². The number of likely N-dealkylation sites (N-methyl/N-ethyl adjacent to an activating group) is 1. The second-order valence-corrected chi connectivity index (χ2v) is 6.35. The van der Waals surface area contributed by atoms with E-state index in [-0.39, 0.29) is 18.4 Å². The molecule has 5 nitrogen and oxygen atoms in total. The summed E-state index contributed by atoms with van der Waals surface area (Å²) in [6.07, 6.45) is 6.56. The van der Waals surface area contributed by atoms with Gasteiger partial charge in [0.1, 0.15) is 0 Å². The molecule has 1 aromatic rings. The maximum Gasteiger partial charge on any atom is 0.244 e. The van der Waals surface area contributed by atoms with Gasteiger partial charge < -0.3 is 15.5 Å². The molecule has 0 unspecified atom stereocenters. The van der Waals surface area contributed by atoms with Crippen LogP contribution >= 0.6 is 0 Å². The summed E-state index contributed by atoms with van der Waals surface area (Å²) in [7, 11) is 1.62. The van der Waals surface area contributed by atoms with Crippen LogP contribution in [0.2, 0.25) is 0 Å². The van der Waals surface area contributed by atoms with Crippen molar-refractivity contribution in [3.8, 4) is 0 Å². The number of hydrogen-bond donors (Lipinski definition) is 2. The molecule has 0 atom stereocenters. The summed E-state index contributed by atoms with van der Waals surface area (Å²) in [4.78, 5) is 24.7. The molecule has 0 aliphatic heterocycles. The van der Waals surface area contributed by atoms with Gasteiger partial charge in [0.25, 0.3) is 0 Å². The van der Waals surface area contributed by atoms with E-state index in [1.807, 2.05) is 24.3 Å². The van der Waals surface area contributed by atoms with E-state index in [4.69, 9.17) is 0 Å². The van der Waals surface area contributed by atoms with Crippen LogP contribution in [0.5, 0.6) is 0 Å². The van der Waals surface area contributed by atoms with Crippen molar-refractivity contribution >= 4 is 23.2 Å². The molecule has 2 rings (SSSR count). The summed E-state index contributed by atoms with van der Waals surface area (Å²) in [5, 5.41) is 6.36. The number of carbonyl (C=O) groups excluding carboxylic acids is 2. The lowest BCUT2D eigenvalue weighted by atomic mass is 9.89. The van der Waals surface area contributed by atoms with Crippen LogP contribution in [0, 0.1) is 5.92 Å². The van der Waals surface area contributed by atoms with Gasteiger partial charge in [0.05, 0.1) is 17.9 Å². The number of benzene rings is 1. The summed E-state index contributed by atoms with van der Waals surface area (Å²) in [6, 6.07) is 7.72. The van der Waals surface area contributed by atoms with E-state index in [0.717, 1.165) is 23.8 Å². The molecule has 1 aliphatic rings. The number of carbonyl (C=O) groups is 2. The van der Waals surface area contributed by atoms with Crippen LogP contribution in [0.3, 0.4) is 0 Å². The van der Waals surface area contributed by atoms with E-state index in [2.05, 4.69) is 10.6 Å². The molecule has 1 aromatic carbocycles. The van der Waals surface area contributed by atoms with Crippen LogP contribution in [0.15, 0.2) is 24.3 Å². The minimum Gasteiger partial charge on any atom is -0.383 e. The number of nitrogens with one attached hydrogen (secondary N) is 2. The first-order chi connectivity index (χ1) is 11.1. The van der Waals surface area contributed by atoms with Gasteiger partial charge in [-0.05, 0) is 30.9 Å². The van der Waals surface area contributed by atoms with Gasteiger partial charge in [0, 0.05) is 20.5 Å². The summed E-state index contributed by atoms with van der Waals surface area (Å²) < 4.78 is 0. The quantitative estimate of drug-likeness (QED) is 0.847. The van der Waals surface area contributed by atoms with E-state index in [1.165, 1.54) is 43.9 Å². The molecule has 1 saturated carbocycles. The second kappa shape index (κ2) is 8.56. The fraction of sp³-hybridized carbons (Fsp3) is 0.556. The average molecular weight is 317 g/mol. The molecule has 1 fully saturated rings. The molecule has 23 heavy (non-hydrogen) atoms. The van der Waals surface area contributed by atoms with E-state index in [0.29, 0.717) is 0 Å². The Morgan fingerprint density at radius 3 is 2.43 bits per heavy atom. The van der Waals surface area contributed by atoms with Crippen molar-refractivity contribution in [2.75, 3.05) is 30.8 Å². The molecule has 0 saturated heterocycles. The van der Waals surface area contributed by atoms with Gasteiger partial charge in [-0.1, -0.05) is 31.4 Å². The molecule has 5 heteroatoms. The molecule has 1 aliphatic carbocycles. The molecular formula is C18H27N3O2. The second-order valence-electron chi connectivity index (χ2n) is 6.35. The zero-order valence-corrected chi connectivity index (χ0v) is 14.1. The normalized spacial score (nSPS) is 15.0. The predicted octanol–water partition coefficient (Wildman–Crippen LogP) is 3.10. The molecule has 2 N–H and O–H groups in total. The van der Waals surface area contributed by atoms with Gasteiger partial charge in [0.15, 0.2) is 0 Å². The monoisotopic (exact) mass is 317 g/mol. The molecule has 126 valence electrons. The highest BCUT2D eigenvalue weighted by atomic mass is 16.2. The zero-order chi connectivity index (χ0) is 16.7. The Hall–Kier alpha value is -2.04. The van der Waals surface area contributed by atoms with Crippen molar-refractivity contribution < 1.29 is 9.59 Å². The van der Waals surface area contributed by atoms with Crippen LogP contribution in [0.4, 0.5) is 11.4 Å². The number of hydrogen-bond acceptors (Lipinski definition) is 3. The van der Waals surface area contributed by atoms with E-state index in [1.54, 1.807) is 7.05 Å². The summed E-state index contributed by atoms with van der Waals surface area (Å²) in [5.41, 5.74) is 1.71. The van der Waals surface area contributed by atoms with Crippen LogP contribution in [0.1, 0.15) is 39.0 Å². The third-order valence-corrected chi connectivity index (χ3v) is 4.43. The Kier molecular flexibility index (Phi) is 6.44. The lowest BCUT2D eigenvalue weighted by Crippen LogP contribution is -2.33. The third kappa shape index (κ3) is 5.58. The fourth-order valence-electron chi connectivity index (χ4n) is 2.91. The smallest absolute Gasteiger partial charge is 0.244 e. The molecule has 0 heterocycles. The molecule has 0 bridgehead atoms. The average Bonchev–Trinajstić information content (AvgIpc) is 2.54. The van der Waals surface area contributed by atoms with Crippen molar-refractivity contribution in [3.63, 3.8) is 0 Å². The van der Waals surface area contributed by atoms with Crippen LogP contribution in [0.25, 0.3) is 0 Å². The number of anilines is 2. The third-order valence-electron chi connectivity index (χ3n) is 4.43. The lowest BCUT2D eigenvalue weighted by Gasteiger charge is -2.23. The highest BCUT2D eigenvalue weighted by Crippen LogP contribution is 2.26. The fourth-order valence-corrected chi connectivity index (χ4v) is 2.91. The molecule has 2 amide bonds. The minimum absolute atomic E-state index is 0.0618. The Morgan fingerprint density at radius 2 is 1.78 bits per heavy atom. The van der Waals surface area contributed by atoms with Crippen LogP contribution in [-0.4, -0.2) is 36.9 Å². The van der Waals surface area contributed by atoms with Crippen molar-refractivity contribution in [3.05, 3.63) is 24.3 Å². The number of nitrogens with zero attached hydrogens (tertiary/aromatic N) is 1. The lowest BCUT2D eigenvalue weighted by molar-refractivity contribution is -0.131. The first-order valence-corrected chi connectivity index (χ1v) is 8.40. The number of rotatable bonds is 6. The highest BCUT2D eigenvalue weighted by molar-refractivity contribution is 5.96. The van der Waals surface area contributed by atoms with E-state index >= 15 is 0 Å².